The number of quaternary nitrogens is 1. The van der Waals surface area contributed by atoms with Crippen LogP contribution in [-0.2, 0) is 19.9 Å². The summed E-state index contributed by atoms with van der Waals surface area (Å²) in [5.41, 5.74) is -0.757. The average molecular weight is 505 g/mol. The molecular formula is C29H29ClN2O4. The van der Waals surface area contributed by atoms with E-state index in [0.717, 1.165) is 25.9 Å². The Hall–Kier alpha value is -3.19. The molecule has 1 unspecified atom stereocenters. The molecule has 3 fully saturated rings. The fraction of sp³-hybridized carbons (Fsp3) is 0.310. The van der Waals surface area contributed by atoms with Gasteiger partial charge in [0, 0.05) is 35.1 Å². The van der Waals surface area contributed by atoms with E-state index < -0.39 is 17.7 Å². The van der Waals surface area contributed by atoms with E-state index in [0.29, 0.717) is 39.4 Å². The molecule has 0 aliphatic carbocycles. The number of ether oxygens (including phenoxy) is 1. The van der Waals surface area contributed by atoms with E-state index in [9.17, 15) is 14.7 Å². The smallest absolute Gasteiger partial charge is 0.304 e. The second-order valence-corrected chi connectivity index (χ2v) is 10.3. The van der Waals surface area contributed by atoms with Gasteiger partial charge in [-0.25, -0.2) is 0 Å². The van der Waals surface area contributed by atoms with Gasteiger partial charge in [-0.05, 0) is 35.4 Å². The molecule has 3 aromatic rings. The van der Waals surface area contributed by atoms with Gasteiger partial charge in [-0.3, -0.25) is 9.59 Å². The molecule has 3 heterocycles. The van der Waals surface area contributed by atoms with Crippen molar-refractivity contribution in [3.63, 3.8) is 0 Å². The highest BCUT2D eigenvalue weighted by atomic mass is 35.5. The number of benzene rings is 3. The second-order valence-electron chi connectivity index (χ2n) is 9.88. The highest BCUT2D eigenvalue weighted by molar-refractivity contribution is 6.30. The summed E-state index contributed by atoms with van der Waals surface area (Å²) in [5.74, 6) is -0.680. The predicted octanol–water partition coefficient (Wildman–Crippen LogP) is 3.73. The Labute approximate surface area is 216 Å². The van der Waals surface area contributed by atoms with Gasteiger partial charge in [-0.15, -0.1) is 0 Å². The second kappa shape index (κ2) is 10.1. The van der Waals surface area contributed by atoms with Crippen LogP contribution in [0.4, 0.5) is 5.69 Å². The lowest BCUT2D eigenvalue weighted by molar-refractivity contribution is -0.939. The minimum Gasteiger partial charge on any atom is -0.834 e. The van der Waals surface area contributed by atoms with Gasteiger partial charge >= 0.3 is 5.97 Å². The van der Waals surface area contributed by atoms with Crippen LogP contribution in [-0.4, -0.2) is 48.6 Å². The number of carbonyl (C=O) groups is 2. The van der Waals surface area contributed by atoms with Gasteiger partial charge < -0.3 is 19.6 Å². The molecule has 36 heavy (non-hydrogen) atoms. The Morgan fingerprint density at radius 3 is 2.03 bits per heavy atom. The molecule has 3 aromatic carbocycles. The molecule has 6 rings (SSSR count). The number of hydrogen-bond donors (Lipinski definition) is 1. The highest BCUT2D eigenvalue weighted by Gasteiger charge is 2.49. The fourth-order valence-corrected chi connectivity index (χ4v) is 5.71. The maximum absolute atomic E-state index is 14.2. The molecule has 0 radical (unpaired) electrons. The third-order valence-electron chi connectivity index (χ3n) is 7.55. The summed E-state index contributed by atoms with van der Waals surface area (Å²) in [6.07, 6.45) is 1.31. The van der Waals surface area contributed by atoms with Crippen LogP contribution < -0.4 is 10.4 Å². The van der Waals surface area contributed by atoms with E-state index in [-0.39, 0.29) is 11.8 Å². The Bertz CT molecular complexity index is 1170. The van der Waals surface area contributed by atoms with Crippen LogP contribution in [0.25, 0.3) is 0 Å². The molecule has 0 saturated carbocycles. The van der Waals surface area contributed by atoms with Crippen molar-refractivity contribution in [2.24, 2.45) is 5.92 Å². The van der Waals surface area contributed by atoms with Crippen LogP contribution in [0.2, 0.25) is 5.02 Å². The zero-order chi connectivity index (χ0) is 25.2. The normalized spacial score (nSPS) is 23.2. The number of nitrogens with one attached hydrogen (secondary N) is 1. The summed E-state index contributed by atoms with van der Waals surface area (Å²) in [6.45, 7) is 2.53. The van der Waals surface area contributed by atoms with E-state index in [2.05, 4.69) is 5.32 Å². The van der Waals surface area contributed by atoms with E-state index in [4.69, 9.17) is 16.3 Å². The number of halogens is 1. The molecule has 3 aliphatic heterocycles. The third kappa shape index (κ3) is 4.89. The fourth-order valence-electron chi connectivity index (χ4n) is 5.58. The van der Waals surface area contributed by atoms with Crippen molar-refractivity contribution >= 4 is 29.2 Å². The minimum absolute atomic E-state index is 0.0884. The van der Waals surface area contributed by atoms with Crippen LogP contribution in [0.3, 0.4) is 0 Å². The number of nitrogens with zero attached hydrogens (tertiary/aromatic N) is 1. The lowest BCUT2D eigenvalue weighted by Crippen LogP contribution is -2.67. The lowest BCUT2D eigenvalue weighted by Gasteiger charge is -2.52. The average Bonchev–Trinajstić information content (AvgIpc) is 2.91. The molecular weight excluding hydrogens is 476 g/mol. The summed E-state index contributed by atoms with van der Waals surface area (Å²) in [5, 5.41) is 17.8. The maximum atomic E-state index is 14.2. The third-order valence-corrected chi connectivity index (χ3v) is 7.81. The van der Waals surface area contributed by atoms with Gasteiger partial charge in [0.2, 0.25) is 0 Å². The topological polar surface area (TPSA) is 78.5 Å². The molecule has 1 atom stereocenters. The summed E-state index contributed by atoms with van der Waals surface area (Å²) in [4.78, 5) is 26.5. The van der Waals surface area contributed by atoms with Gasteiger partial charge in [-0.1, -0.05) is 72.3 Å². The number of piperidine rings is 3. The standard InChI is InChI=1S/C29H29ClN2O4/c30-24-11-13-25(14-12-24)31-27(33)20-32-17-15-21(16-18-32)26(19-32)36-28(34)29(35,22-7-3-1-4-8-22)23-9-5-2-6-10-23/h1-14,21,26H,15-20H2,(H,31,33). The maximum Gasteiger partial charge on any atom is 0.304 e. The molecule has 7 heteroatoms. The summed E-state index contributed by atoms with van der Waals surface area (Å²) < 4.78 is 6.58. The summed E-state index contributed by atoms with van der Waals surface area (Å²) in [7, 11) is 0. The highest BCUT2D eigenvalue weighted by Crippen LogP contribution is 2.37. The van der Waals surface area contributed by atoms with Crippen molar-refractivity contribution in [3.8, 4) is 0 Å². The quantitative estimate of drug-likeness (QED) is 0.393. The van der Waals surface area contributed by atoms with Crippen molar-refractivity contribution in [1.82, 2.24) is 0 Å². The molecule has 0 aromatic heterocycles. The van der Waals surface area contributed by atoms with Gasteiger partial charge in [0.05, 0.1) is 13.1 Å². The van der Waals surface area contributed by atoms with Crippen LogP contribution in [0.15, 0.2) is 84.9 Å². The van der Waals surface area contributed by atoms with E-state index in [1.165, 1.54) is 0 Å². The number of amides is 1. The zero-order valence-corrected chi connectivity index (χ0v) is 20.7. The van der Waals surface area contributed by atoms with Crippen molar-refractivity contribution in [2.45, 2.75) is 24.5 Å². The zero-order valence-electron chi connectivity index (χ0n) is 19.9. The molecule has 186 valence electrons. The molecule has 3 aliphatic rings. The van der Waals surface area contributed by atoms with Crippen molar-refractivity contribution in [2.75, 3.05) is 31.5 Å². The van der Waals surface area contributed by atoms with Crippen molar-refractivity contribution in [3.05, 3.63) is 101 Å². The molecule has 1 amide bonds. The Balaban J connectivity index is 1.32. The molecule has 1 N–H and O–H groups in total. The number of rotatable bonds is 7. The van der Waals surface area contributed by atoms with Crippen molar-refractivity contribution < 1.29 is 23.9 Å². The van der Waals surface area contributed by atoms with Gasteiger partial charge in [-0.2, -0.15) is 0 Å². The van der Waals surface area contributed by atoms with Crippen molar-refractivity contribution in [1.29, 1.82) is 0 Å². The number of fused-ring (bicyclic) bond motifs is 3. The van der Waals surface area contributed by atoms with Crippen LogP contribution in [0.1, 0.15) is 24.0 Å². The Morgan fingerprint density at radius 1 is 0.917 bits per heavy atom. The van der Waals surface area contributed by atoms with Gasteiger partial charge in [0.15, 0.2) is 12.6 Å². The number of esters is 1. The Kier molecular flexibility index (Phi) is 6.84. The summed E-state index contributed by atoms with van der Waals surface area (Å²) >= 11 is 5.94. The van der Waals surface area contributed by atoms with Gasteiger partial charge in [0.25, 0.3) is 5.91 Å². The summed E-state index contributed by atoms with van der Waals surface area (Å²) in [6, 6.07) is 24.4. The molecule has 6 nitrogen and oxygen atoms in total. The molecule has 2 bridgehead atoms. The van der Waals surface area contributed by atoms with Crippen LogP contribution in [0, 0.1) is 5.92 Å². The first-order valence-corrected chi connectivity index (χ1v) is 12.7. The van der Waals surface area contributed by atoms with E-state index in [1.54, 1.807) is 72.8 Å². The number of anilines is 1. The monoisotopic (exact) mass is 504 g/mol. The lowest BCUT2D eigenvalue weighted by atomic mass is 9.82. The first-order valence-electron chi connectivity index (χ1n) is 12.3. The minimum atomic E-state index is -2.16. The van der Waals surface area contributed by atoms with E-state index in [1.807, 2.05) is 12.1 Å². The van der Waals surface area contributed by atoms with Crippen LogP contribution >= 0.6 is 11.6 Å². The first kappa shape index (κ1) is 24.5. The Morgan fingerprint density at radius 2 is 1.47 bits per heavy atom. The largest absolute Gasteiger partial charge is 0.834 e. The van der Waals surface area contributed by atoms with E-state index >= 15 is 0 Å². The molecule has 3 saturated heterocycles. The SMILES string of the molecule is O=C(C[N+]12CCC(CC1)C(OC(=O)C([O-])(c1ccccc1)c1ccccc1)C2)Nc1ccc(Cl)cc1. The number of hydrogen-bond acceptors (Lipinski definition) is 4. The predicted molar refractivity (Wildman–Crippen MR) is 136 cm³/mol. The van der Waals surface area contributed by atoms with Gasteiger partial charge in [0.1, 0.15) is 6.54 Å². The first-order chi connectivity index (χ1) is 17.4. The number of carbonyl (C=O) groups excluding carboxylic acids is 2. The van der Waals surface area contributed by atoms with Crippen LogP contribution in [0.5, 0.6) is 0 Å². The molecule has 0 spiro atoms.